The molecule has 2 aliphatic rings. The number of rotatable bonds is 4. The minimum Gasteiger partial charge on any atom is -0.497 e. The number of piperidine rings is 1. The molecule has 0 aromatic heterocycles. The summed E-state index contributed by atoms with van der Waals surface area (Å²) < 4.78 is 5.30. The number of nitrogens with one attached hydrogen (secondary N) is 2. The highest BCUT2D eigenvalue weighted by atomic mass is 16.7. The summed E-state index contributed by atoms with van der Waals surface area (Å²) in [4.78, 5) is 20.3. The Balaban J connectivity index is 1.34. The van der Waals surface area contributed by atoms with Gasteiger partial charge in [0.05, 0.1) is 12.8 Å². The van der Waals surface area contributed by atoms with Crippen molar-refractivity contribution in [1.82, 2.24) is 15.7 Å². The van der Waals surface area contributed by atoms with E-state index in [1.165, 1.54) is 0 Å². The minimum absolute atomic E-state index is 0.0262. The number of ether oxygens (including phenoxy) is 1. The van der Waals surface area contributed by atoms with Crippen molar-refractivity contribution in [3.8, 4) is 5.75 Å². The van der Waals surface area contributed by atoms with Gasteiger partial charge in [-0.1, -0.05) is 42.5 Å². The molecule has 2 aromatic carbocycles. The van der Waals surface area contributed by atoms with Gasteiger partial charge in [0, 0.05) is 38.0 Å². The van der Waals surface area contributed by atoms with Crippen LogP contribution in [0.1, 0.15) is 24.0 Å². The van der Waals surface area contributed by atoms with E-state index in [4.69, 9.17) is 9.57 Å². The van der Waals surface area contributed by atoms with E-state index < -0.39 is 0 Å². The first-order chi connectivity index (χ1) is 13.7. The number of amides is 2. The fraction of sp³-hybridized carbons (Fsp3) is 0.318. The summed E-state index contributed by atoms with van der Waals surface area (Å²) in [6, 6.07) is 17.8. The number of hydrogen-bond donors (Lipinski definition) is 2. The normalized spacial score (nSPS) is 17.8. The van der Waals surface area contributed by atoms with Crippen molar-refractivity contribution in [3.63, 3.8) is 0 Å². The van der Waals surface area contributed by atoms with Crippen LogP contribution in [0, 0.1) is 0 Å². The second-order valence-electron chi connectivity index (χ2n) is 7.19. The van der Waals surface area contributed by atoms with Crippen molar-refractivity contribution in [1.29, 1.82) is 0 Å². The predicted molar refractivity (Wildman–Crippen MR) is 107 cm³/mol. The molecule has 1 spiro atoms. The number of benzene rings is 2. The minimum atomic E-state index is -0.366. The summed E-state index contributed by atoms with van der Waals surface area (Å²) >= 11 is 0. The monoisotopic (exact) mass is 379 g/mol. The Morgan fingerprint density at radius 3 is 2.71 bits per heavy atom. The summed E-state index contributed by atoms with van der Waals surface area (Å²) in [6.07, 6.45) is 3.65. The van der Waals surface area contributed by atoms with Crippen LogP contribution in [0.25, 0.3) is 5.70 Å². The maximum Gasteiger partial charge on any atom is 0.317 e. The summed E-state index contributed by atoms with van der Waals surface area (Å²) in [6.45, 7) is 1.85. The Morgan fingerprint density at radius 1 is 1.18 bits per heavy atom. The van der Waals surface area contributed by atoms with Crippen molar-refractivity contribution in [2.24, 2.45) is 0 Å². The van der Waals surface area contributed by atoms with Gasteiger partial charge in [-0.2, -0.15) is 0 Å². The molecule has 6 nitrogen and oxygen atoms in total. The number of carbonyl (C=O) groups excluding carboxylic acids is 1. The lowest BCUT2D eigenvalue weighted by Gasteiger charge is -2.36. The Labute approximate surface area is 165 Å². The zero-order valence-corrected chi connectivity index (χ0v) is 16.0. The number of nitrogens with zero attached hydrogens (tertiary/aromatic N) is 1. The van der Waals surface area contributed by atoms with Crippen molar-refractivity contribution < 1.29 is 14.4 Å². The molecule has 2 N–H and O–H groups in total. The highest BCUT2D eigenvalue weighted by Crippen LogP contribution is 2.35. The van der Waals surface area contributed by atoms with Gasteiger partial charge < -0.3 is 15.0 Å². The third kappa shape index (κ3) is 3.97. The van der Waals surface area contributed by atoms with Crippen LogP contribution in [-0.2, 0) is 11.4 Å². The van der Waals surface area contributed by atoms with Crippen molar-refractivity contribution in [2.45, 2.75) is 25.0 Å². The molecular formula is C22H25N3O3. The van der Waals surface area contributed by atoms with Gasteiger partial charge in [-0.25, -0.2) is 4.79 Å². The lowest BCUT2D eigenvalue weighted by molar-refractivity contribution is -0.0639. The fourth-order valence-corrected chi connectivity index (χ4v) is 3.63. The van der Waals surface area contributed by atoms with Crippen molar-refractivity contribution >= 4 is 11.7 Å². The lowest BCUT2D eigenvalue weighted by atomic mass is 9.90. The molecule has 2 amide bonds. The van der Waals surface area contributed by atoms with Gasteiger partial charge >= 0.3 is 6.03 Å². The largest absolute Gasteiger partial charge is 0.497 e. The van der Waals surface area contributed by atoms with Crippen molar-refractivity contribution in [3.05, 3.63) is 71.8 Å². The number of hydrogen-bond acceptors (Lipinski definition) is 4. The van der Waals surface area contributed by atoms with Crippen molar-refractivity contribution in [2.75, 3.05) is 20.2 Å². The molecule has 2 heterocycles. The maximum atomic E-state index is 12.5. The molecule has 146 valence electrons. The van der Waals surface area contributed by atoms with Crippen LogP contribution in [0.5, 0.6) is 5.75 Å². The molecule has 0 unspecified atom stereocenters. The van der Waals surface area contributed by atoms with E-state index in [-0.39, 0.29) is 11.6 Å². The van der Waals surface area contributed by atoms with Gasteiger partial charge in [-0.3, -0.25) is 10.3 Å². The summed E-state index contributed by atoms with van der Waals surface area (Å²) in [5.41, 5.74) is 5.76. The molecule has 6 heteroatoms. The predicted octanol–water partition coefficient (Wildman–Crippen LogP) is 3.32. The van der Waals surface area contributed by atoms with E-state index >= 15 is 0 Å². The van der Waals surface area contributed by atoms with Gasteiger partial charge in [0.15, 0.2) is 0 Å². The van der Waals surface area contributed by atoms with Crippen LogP contribution < -0.4 is 15.5 Å². The van der Waals surface area contributed by atoms with E-state index in [0.717, 1.165) is 35.4 Å². The highest BCUT2D eigenvalue weighted by molar-refractivity contribution is 5.74. The molecule has 28 heavy (non-hydrogen) atoms. The van der Waals surface area contributed by atoms with Gasteiger partial charge in [-0.05, 0) is 23.8 Å². The third-order valence-electron chi connectivity index (χ3n) is 5.34. The quantitative estimate of drug-likeness (QED) is 0.856. The first-order valence-electron chi connectivity index (χ1n) is 9.55. The lowest BCUT2D eigenvalue weighted by Crippen LogP contribution is -2.49. The fourth-order valence-electron chi connectivity index (χ4n) is 3.63. The number of hydroxylamine groups is 1. The van der Waals surface area contributed by atoms with E-state index in [2.05, 4.69) is 16.9 Å². The summed E-state index contributed by atoms with van der Waals surface area (Å²) in [5, 5.41) is 3.00. The average Bonchev–Trinajstić information content (AvgIpc) is 3.17. The first-order valence-corrected chi connectivity index (χ1v) is 9.55. The van der Waals surface area contributed by atoms with Gasteiger partial charge in [0.25, 0.3) is 0 Å². The van der Waals surface area contributed by atoms with E-state index in [1.807, 2.05) is 59.5 Å². The SMILES string of the molecule is COc1cccc(C2=CC3(CCN(C(=O)NCc4ccccc4)CC3)ON2)c1. The van der Waals surface area contributed by atoms with Crippen LogP contribution in [-0.4, -0.2) is 36.7 Å². The molecule has 0 saturated carbocycles. The summed E-state index contributed by atoms with van der Waals surface area (Å²) in [7, 11) is 1.66. The molecule has 1 fully saturated rings. The topological polar surface area (TPSA) is 62.8 Å². The van der Waals surface area contributed by atoms with Gasteiger partial charge in [0.2, 0.25) is 0 Å². The molecule has 0 atom stereocenters. The van der Waals surface area contributed by atoms with Gasteiger partial charge in [0.1, 0.15) is 11.4 Å². The Bertz CT molecular complexity index is 858. The van der Waals surface area contributed by atoms with E-state index in [9.17, 15) is 4.79 Å². The zero-order chi connectivity index (χ0) is 19.4. The first kappa shape index (κ1) is 18.4. The number of likely N-dealkylation sites (tertiary alicyclic amines) is 1. The van der Waals surface area contributed by atoms with Crippen LogP contribution in [0.2, 0.25) is 0 Å². The Morgan fingerprint density at radius 2 is 1.96 bits per heavy atom. The molecule has 0 aliphatic carbocycles. The highest BCUT2D eigenvalue weighted by Gasteiger charge is 2.39. The van der Waals surface area contributed by atoms with E-state index in [1.54, 1.807) is 7.11 Å². The molecular weight excluding hydrogens is 354 g/mol. The van der Waals surface area contributed by atoms with Crippen LogP contribution in [0.4, 0.5) is 4.79 Å². The Kier molecular flexibility index (Phi) is 5.21. The number of methoxy groups -OCH3 is 1. The second-order valence-corrected chi connectivity index (χ2v) is 7.19. The number of carbonyl (C=O) groups is 1. The van der Waals surface area contributed by atoms with E-state index in [0.29, 0.717) is 19.6 Å². The smallest absolute Gasteiger partial charge is 0.317 e. The van der Waals surface area contributed by atoms with Crippen LogP contribution in [0.3, 0.4) is 0 Å². The maximum absolute atomic E-state index is 12.5. The second kappa shape index (κ2) is 7.94. The van der Waals surface area contributed by atoms with Crippen LogP contribution >= 0.6 is 0 Å². The van der Waals surface area contributed by atoms with Crippen LogP contribution in [0.15, 0.2) is 60.7 Å². The third-order valence-corrected chi connectivity index (χ3v) is 5.34. The molecule has 2 aromatic rings. The standard InChI is InChI=1S/C22H25N3O3/c1-27-19-9-5-8-18(14-19)20-15-22(28-24-20)10-12-25(13-11-22)21(26)23-16-17-6-3-2-4-7-17/h2-9,14-15,24H,10-13,16H2,1H3,(H,23,26). The average molecular weight is 379 g/mol. The molecule has 4 rings (SSSR count). The Hall–Kier alpha value is -2.99. The molecule has 0 radical (unpaired) electrons. The number of urea groups is 1. The van der Waals surface area contributed by atoms with Gasteiger partial charge in [-0.15, -0.1) is 0 Å². The summed E-state index contributed by atoms with van der Waals surface area (Å²) in [5.74, 6) is 0.811. The molecule has 0 bridgehead atoms. The molecule has 2 aliphatic heterocycles. The molecule has 1 saturated heterocycles. The zero-order valence-electron chi connectivity index (χ0n) is 16.0.